The van der Waals surface area contributed by atoms with Crippen LogP contribution in [0, 0.1) is 0 Å². The minimum absolute atomic E-state index is 0.109. The molecule has 1 aliphatic heterocycles. The summed E-state index contributed by atoms with van der Waals surface area (Å²) in [6.45, 7) is 1.19. The van der Waals surface area contributed by atoms with Crippen LogP contribution in [-0.2, 0) is 9.47 Å². The van der Waals surface area contributed by atoms with Crippen molar-refractivity contribution in [2.75, 3.05) is 18.5 Å². The van der Waals surface area contributed by atoms with E-state index in [1.165, 1.54) is 0 Å². The molecule has 2 N–H and O–H groups in total. The van der Waals surface area contributed by atoms with Crippen LogP contribution in [0.5, 0.6) is 0 Å². The van der Waals surface area contributed by atoms with Gasteiger partial charge in [0.2, 0.25) is 0 Å². The molecule has 1 atom stereocenters. The highest BCUT2D eigenvalue weighted by Gasteiger charge is 2.46. The maximum absolute atomic E-state index is 12.0. The van der Waals surface area contributed by atoms with Crippen molar-refractivity contribution in [3.8, 4) is 0 Å². The predicted molar refractivity (Wildman–Crippen MR) is 73.3 cm³/mol. The third-order valence-corrected chi connectivity index (χ3v) is 3.79. The lowest BCUT2D eigenvalue weighted by molar-refractivity contribution is -0.192. The zero-order valence-corrected chi connectivity index (χ0v) is 11.3. The van der Waals surface area contributed by atoms with Crippen molar-refractivity contribution in [2.45, 2.75) is 37.5 Å². The Labute approximate surface area is 117 Å². The molecule has 1 aliphatic carbocycles. The number of anilines is 1. The van der Waals surface area contributed by atoms with E-state index in [4.69, 9.17) is 9.47 Å². The first-order chi connectivity index (χ1) is 9.78. The summed E-state index contributed by atoms with van der Waals surface area (Å²) in [4.78, 5) is 16.1. The fourth-order valence-electron chi connectivity index (χ4n) is 2.86. The molecule has 0 aromatic carbocycles. The maximum Gasteiger partial charge on any atom is 0.320 e. The minimum Gasteiger partial charge on any atom is -0.346 e. The normalized spacial score (nSPS) is 24.5. The van der Waals surface area contributed by atoms with Crippen molar-refractivity contribution in [1.82, 2.24) is 10.3 Å². The predicted octanol–water partition coefficient (Wildman–Crippen LogP) is 1.89. The smallest absolute Gasteiger partial charge is 0.320 e. The van der Waals surface area contributed by atoms with Crippen LogP contribution in [0.25, 0.3) is 0 Å². The van der Waals surface area contributed by atoms with Gasteiger partial charge in [0.1, 0.15) is 5.82 Å². The summed E-state index contributed by atoms with van der Waals surface area (Å²) in [5.74, 6) is -0.0946. The van der Waals surface area contributed by atoms with Crippen LogP contribution in [0.4, 0.5) is 10.6 Å². The number of amides is 2. The molecule has 6 nitrogen and oxygen atoms in total. The average molecular weight is 277 g/mol. The SMILES string of the molecule is O=C(Nc1ccccn1)NC1CCCCC12OCCO2. The van der Waals surface area contributed by atoms with Crippen LogP contribution in [0.2, 0.25) is 0 Å². The van der Waals surface area contributed by atoms with E-state index in [2.05, 4.69) is 15.6 Å². The van der Waals surface area contributed by atoms with Gasteiger partial charge in [-0.15, -0.1) is 0 Å². The Morgan fingerprint density at radius 2 is 2.15 bits per heavy atom. The molecular weight excluding hydrogens is 258 g/mol. The Morgan fingerprint density at radius 3 is 2.90 bits per heavy atom. The van der Waals surface area contributed by atoms with Gasteiger partial charge in [0.25, 0.3) is 0 Å². The molecule has 2 amide bonds. The van der Waals surface area contributed by atoms with Crippen molar-refractivity contribution >= 4 is 11.8 Å². The Morgan fingerprint density at radius 1 is 1.30 bits per heavy atom. The second-order valence-electron chi connectivity index (χ2n) is 5.12. The summed E-state index contributed by atoms with van der Waals surface area (Å²) in [5.41, 5.74) is 0. The van der Waals surface area contributed by atoms with Crippen LogP contribution >= 0.6 is 0 Å². The largest absolute Gasteiger partial charge is 0.346 e. The van der Waals surface area contributed by atoms with Gasteiger partial charge >= 0.3 is 6.03 Å². The highest BCUT2D eigenvalue weighted by atomic mass is 16.7. The molecule has 1 spiro atoms. The van der Waals surface area contributed by atoms with E-state index in [9.17, 15) is 4.79 Å². The van der Waals surface area contributed by atoms with E-state index in [0.717, 1.165) is 25.7 Å². The van der Waals surface area contributed by atoms with Gasteiger partial charge < -0.3 is 14.8 Å². The lowest BCUT2D eigenvalue weighted by Crippen LogP contribution is -2.56. The van der Waals surface area contributed by atoms with Crippen LogP contribution in [0.3, 0.4) is 0 Å². The van der Waals surface area contributed by atoms with Crippen LogP contribution in [0.15, 0.2) is 24.4 Å². The van der Waals surface area contributed by atoms with E-state index < -0.39 is 5.79 Å². The molecular formula is C14H19N3O3. The number of carbonyl (C=O) groups is 1. The van der Waals surface area contributed by atoms with E-state index >= 15 is 0 Å². The second-order valence-corrected chi connectivity index (χ2v) is 5.12. The van der Waals surface area contributed by atoms with Crippen molar-refractivity contribution in [1.29, 1.82) is 0 Å². The molecule has 1 aromatic rings. The van der Waals surface area contributed by atoms with Crippen molar-refractivity contribution < 1.29 is 14.3 Å². The Kier molecular flexibility index (Phi) is 3.84. The lowest BCUT2D eigenvalue weighted by atomic mass is 9.89. The molecule has 2 fully saturated rings. The Bertz CT molecular complexity index is 460. The zero-order chi connectivity index (χ0) is 13.8. The van der Waals surface area contributed by atoms with Gasteiger partial charge in [-0.25, -0.2) is 9.78 Å². The summed E-state index contributed by atoms with van der Waals surface area (Å²) in [6, 6.07) is 5.00. The topological polar surface area (TPSA) is 72.5 Å². The lowest BCUT2D eigenvalue weighted by Gasteiger charge is -2.39. The first-order valence-corrected chi connectivity index (χ1v) is 7.05. The molecule has 0 radical (unpaired) electrons. The molecule has 1 saturated carbocycles. The summed E-state index contributed by atoms with van der Waals surface area (Å²) < 4.78 is 11.5. The number of nitrogens with zero attached hydrogens (tertiary/aromatic N) is 1. The molecule has 2 aliphatic rings. The number of aromatic nitrogens is 1. The quantitative estimate of drug-likeness (QED) is 0.866. The summed E-state index contributed by atoms with van der Waals surface area (Å²) in [5, 5.41) is 5.68. The number of carbonyl (C=O) groups excluding carboxylic acids is 1. The standard InChI is InChI=1S/C14H19N3O3/c18-13(17-12-6-2-4-8-15-12)16-11-5-1-3-7-14(11)19-9-10-20-14/h2,4,6,8,11H,1,3,5,7,9-10H2,(H2,15,16,17,18). The van der Waals surface area contributed by atoms with Crippen molar-refractivity contribution in [3.05, 3.63) is 24.4 Å². The summed E-state index contributed by atoms with van der Waals surface area (Å²) in [6.07, 6.45) is 5.49. The molecule has 0 bridgehead atoms. The first-order valence-electron chi connectivity index (χ1n) is 7.05. The average Bonchev–Trinajstić information content (AvgIpc) is 2.92. The maximum atomic E-state index is 12.0. The number of urea groups is 1. The van der Waals surface area contributed by atoms with E-state index in [-0.39, 0.29) is 12.1 Å². The van der Waals surface area contributed by atoms with Crippen LogP contribution < -0.4 is 10.6 Å². The van der Waals surface area contributed by atoms with Gasteiger partial charge in [0, 0.05) is 12.6 Å². The number of rotatable bonds is 2. The van der Waals surface area contributed by atoms with Gasteiger partial charge in [-0.2, -0.15) is 0 Å². The van der Waals surface area contributed by atoms with Crippen LogP contribution in [-0.4, -0.2) is 36.1 Å². The van der Waals surface area contributed by atoms with Crippen molar-refractivity contribution in [3.63, 3.8) is 0 Å². The third kappa shape index (κ3) is 2.76. The highest BCUT2D eigenvalue weighted by Crippen LogP contribution is 2.35. The Hall–Kier alpha value is -1.66. The summed E-state index contributed by atoms with van der Waals surface area (Å²) in [7, 11) is 0. The van der Waals surface area contributed by atoms with E-state index in [0.29, 0.717) is 19.0 Å². The van der Waals surface area contributed by atoms with Gasteiger partial charge in [0.05, 0.1) is 19.3 Å². The second kappa shape index (κ2) is 5.76. The third-order valence-electron chi connectivity index (χ3n) is 3.79. The number of hydrogen-bond donors (Lipinski definition) is 2. The van der Waals surface area contributed by atoms with Crippen molar-refractivity contribution in [2.24, 2.45) is 0 Å². The number of pyridine rings is 1. The monoisotopic (exact) mass is 277 g/mol. The molecule has 1 saturated heterocycles. The van der Waals surface area contributed by atoms with Gasteiger partial charge in [-0.1, -0.05) is 12.5 Å². The van der Waals surface area contributed by atoms with Gasteiger partial charge in [-0.05, 0) is 25.0 Å². The fourth-order valence-corrected chi connectivity index (χ4v) is 2.86. The fraction of sp³-hybridized carbons (Fsp3) is 0.571. The van der Waals surface area contributed by atoms with Gasteiger partial charge in [0.15, 0.2) is 5.79 Å². The number of ether oxygens (including phenoxy) is 2. The first kappa shape index (κ1) is 13.3. The minimum atomic E-state index is -0.625. The molecule has 1 aromatic heterocycles. The number of hydrogen-bond acceptors (Lipinski definition) is 4. The van der Waals surface area contributed by atoms with E-state index in [1.807, 2.05) is 6.07 Å². The van der Waals surface area contributed by atoms with Crippen LogP contribution in [0.1, 0.15) is 25.7 Å². The van der Waals surface area contributed by atoms with E-state index in [1.54, 1.807) is 18.3 Å². The van der Waals surface area contributed by atoms with Gasteiger partial charge in [-0.3, -0.25) is 5.32 Å². The molecule has 108 valence electrons. The molecule has 2 heterocycles. The molecule has 20 heavy (non-hydrogen) atoms. The highest BCUT2D eigenvalue weighted by molar-refractivity contribution is 5.88. The molecule has 3 rings (SSSR count). The molecule has 6 heteroatoms. The Balaban J connectivity index is 1.62. The zero-order valence-electron chi connectivity index (χ0n) is 11.3. The number of nitrogens with one attached hydrogen (secondary N) is 2. The molecule has 1 unspecified atom stereocenters. The summed E-state index contributed by atoms with van der Waals surface area (Å²) >= 11 is 0.